The van der Waals surface area contributed by atoms with Crippen LogP contribution < -0.4 is 0 Å². The van der Waals surface area contributed by atoms with Gasteiger partial charge in [-0.3, -0.25) is 0 Å². The molecule has 0 radical (unpaired) electrons. The molecule has 3 nitrogen and oxygen atoms in total. The lowest BCUT2D eigenvalue weighted by molar-refractivity contribution is 0.187. The first-order chi connectivity index (χ1) is 10.6. The Balaban J connectivity index is 2.02. The number of hydrogen-bond donors (Lipinski definition) is 2. The van der Waals surface area contributed by atoms with Gasteiger partial charge in [-0.15, -0.1) is 0 Å². The van der Waals surface area contributed by atoms with E-state index in [-0.39, 0.29) is 5.41 Å². The van der Waals surface area contributed by atoms with E-state index >= 15 is 0 Å². The Labute approximate surface area is 131 Å². The second-order valence-electron chi connectivity index (χ2n) is 6.11. The predicted octanol–water partition coefficient (Wildman–Crippen LogP) is 3.50. The Kier molecular flexibility index (Phi) is 4.08. The molecule has 116 valence electrons. The summed E-state index contributed by atoms with van der Waals surface area (Å²) in [5.41, 5.74) is 2.45. The van der Waals surface area contributed by atoms with Crippen molar-refractivity contribution in [2.24, 2.45) is 0 Å². The van der Waals surface area contributed by atoms with Crippen LogP contribution >= 0.6 is 0 Å². The van der Waals surface area contributed by atoms with Crippen LogP contribution in [0.25, 0.3) is 0 Å². The highest BCUT2D eigenvalue weighted by atomic mass is 16.3. The molecule has 22 heavy (non-hydrogen) atoms. The molecule has 2 aromatic rings. The second kappa shape index (κ2) is 6.01. The zero-order chi connectivity index (χ0) is 15.6. The first-order valence-electron chi connectivity index (χ1n) is 7.95. The maximum absolute atomic E-state index is 9.58. The summed E-state index contributed by atoms with van der Waals surface area (Å²) in [5, 5.41) is 19.2. The molecule has 1 heterocycles. The standard InChI is InChI=1S/C19H23NO2/c1-2-20-13-11-19(12-14-20,15-3-7-17(21)8-4-15)16-5-9-18(22)10-6-16/h3-10,21-22H,2,11-14H2,1H3. The molecule has 3 rings (SSSR count). The van der Waals surface area contributed by atoms with Crippen LogP contribution in [0.2, 0.25) is 0 Å². The molecule has 0 unspecified atom stereocenters. The summed E-state index contributed by atoms with van der Waals surface area (Å²) in [7, 11) is 0. The van der Waals surface area contributed by atoms with E-state index in [0.717, 1.165) is 32.5 Å². The van der Waals surface area contributed by atoms with Crippen molar-refractivity contribution in [3.8, 4) is 11.5 Å². The minimum atomic E-state index is -0.0347. The molecule has 2 aromatic carbocycles. The molecule has 1 aliphatic rings. The lowest BCUT2D eigenvalue weighted by Gasteiger charge is -2.42. The van der Waals surface area contributed by atoms with Crippen molar-refractivity contribution >= 4 is 0 Å². The third-order valence-electron chi connectivity index (χ3n) is 5.00. The molecule has 0 atom stereocenters. The number of piperidine rings is 1. The van der Waals surface area contributed by atoms with Crippen molar-refractivity contribution in [1.82, 2.24) is 4.90 Å². The molecule has 0 aliphatic carbocycles. The summed E-state index contributed by atoms with van der Waals surface area (Å²) in [6, 6.07) is 15.2. The summed E-state index contributed by atoms with van der Waals surface area (Å²) < 4.78 is 0. The Hall–Kier alpha value is -2.00. The normalized spacial score (nSPS) is 18.2. The van der Waals surface area contributed by atoms with Gasteiger partial charge in [0.15, 0.2) is 0 Å². The number of phenolic OH excluding ortho intramolecular Hbond substituents is 2. The molecule has 1 aliphatic heterocycles. The number of nitrogens with zero attached hydrogens (tertiary/aromatic N) is 1. The van der Waals surface area contributed by atoms with E-state index in [9.17, 15) is 10.2 Å². The maximum Gasteiger partial charge on any atom is 0.115 e. The first kappa shape index (κ1) is 14.9. The van der Waals surface area contributed by atoms with E-state index in [1.54, 1.807) is 24.3 Å². The summed E-state index contributed by atoms with van der Waals surface area (Å²) >= 11 is 0. The Morgan fingerprint density at radius 3 is 1.59 bits per heavy atom. The number of likely N-dealkylation sites (tertiary alicyclic amines) is 1. The molecule has 0 amide bonds. The van der Waals surface area contributed by atoms with Crippen LogP contribution in [0.5, 0.6) is 11.5 Å². The van der Waals surface area contributed by atoms with E-state index < -0.39 is 0 Å². The number of phenols is 2. The molecule has 2 N–H and O–H groups in total. The van der Waals surface area contributed by atoms with Gasteiger partial charge in [-0.1, -0.05) is 31.2 Å². The molecule has 0 spiro atoms. The van der Waals surface area contributed by atoms with Gasteiger partial charge in [-0.05, 0) is 67.9 Å². The number of benzene rings is 2. The lowest BCUT2D eigenvalue weighted by Crippen LogP contribution is -2.43. The van der Waals surface area contributed by atoms with Crippen LogP contribution in [-0.4, -0.2) is 34.7 Å². The third-order valence-corrected chi connectivity index (χ3v) is 5.00. The highest BCUT2D eigenvalue weighted by Gasteiger charge is 2.37. The van der Waals surface area contributed by atoms with Crippen LogP contribution in [0.3, 0.4) is 0 Å². The highest BCUT2D eigenvalue weighted by molar-refractivity contribution is 5.43. The van der Waals surface area contributed by atoms with E-state index in [2.05, 4.69) is 11.8 Å². The average molecular weight is 297 g/mol. The Morgan fingerprint density at radius 2 is 1.23 bits per heavy atom. The minimum Gasteiger partial charge on any atom is -0.508 e. The topological polar surface area (TPSA) is 43.7 Å². The highest BCUT2D eigenvalue weighted by Crippen LogP contribution is 2.42. The SMILES string of the molecule is CCN1CCC(c2ccc(O)cc2)(c2ccc(O)cc2)CC1. The molecule has 1 saturated heterocycles. The van der Waals surface area contributed by atoms with E-state index in [1.165, 1.54) is 11.1 Å². The molecule has 1 fully saturated rings. The summed E-state index contributed by atoms with van der Waals surface area (Å²) in [4.78, 5) is 2.47. The predicted molar refractivity (Wildman–Crippen MR) is 88.3 cm³/mol. The number of hydrogen-bond acceptors (Lipinski definition) is 3. The van der Waals surface area contributed by atoms with Crippen molar-refractivity contribution in [3.63, 3.8) is 0 Å². The fourth-order valence-electron chi connectivity index (χ4n) is 3.56. The van der Waals surface area contributed by atoms with Gasteiger partial charge in [0.2, 0.25) is 0 Å². The van der Waals surface area contributed by atoms with Crippen LogP contribution in [0, 0.1) is 0 Å². The van der Waals surface area contributed by atoms with E-state index in [4.69, 9.17) is 0 Å². The molecule has 0 saturated carbocycles. The zero-order valence-corrected chi connectivity index (χ0v) is 13.0. The van der Waals surface area contributed by atoms with Crippen molar-refractivity contribution in [1.29, 1.82) is 0 Å². The minimum absolute atomic E-state index is 0.0347. The molecule has 3 heteroatoms. The fraction of sp³-hybridized carbons (Fsp3) is 0.368. The van der Waals surface area contributed by atoms with E-state index in [1.807, 2.05) is 24.3 Å². The van der Waals surface area contributed by atoms with Crippen LogP contribution in [0.1, 0.15) is 30.9 Å². The monoisotopic (exact) mass is 297 g/mol. The average Bonchev–Trinajstić information content (AvgIpc) is 2.56. The van der Waals surface area contributed by atoms with Gasteiger partial charge in [-0.25, -0.2) is 0 Å². The van der Waals surface area contributed by atoms with Crippen molar-refractivity contribution in [2.45, 2.75) is 25.2 Å². The van der Waals surface area contributed by atoms with Crippen LogP contribution in [-0.2, 0) is 5.41 Å². The third kappa shape index (κ3) is 2.69. The van der Waals surface area contributed by atoms with Crippen molar-refractivity contribution < 1.29 is 10.2 Å². The van der Waals surface area contributed by atoms with Gasteiger partial charge < -0.3 is 15.1 Å². The quantitative estimate of drug-likeness (QED) is 0.911. The largest absolute Gasteiger partial charge is 0.508 e. The van der Waals surface area contributed by atoms with Gasteiger partial charge >= 0.3 is 0 Å². The first-order valence-corrected chi connectivity index (χ1v) is 7.95. The molecular weight excluding hydrogens is 274 g/mol. The van der Waals surface area contributed by atoms with Gasteiger partial charge in [-0.2, -0.15) is 0 Å². The maximum atomic E-state index is 9.58. The summed E-state index contributed by atoms with van der Waals surface area (Å²) in [5.74, 6) is 0.603. The van der Waals surface area contributed by atoms with Crippen molar-refractivity contribution in [2.75, 3.05) is 19.6 Å². The Morgan fingerprint density at radius 1 is 0.818 bits per heavy atom. The van der Waals surface area contributed by atoms with Gasteiger partial charge in [0, 0.05) is 5.41 Å². The second-order valence-corrected chi connectivity index (χ2v) is 6.11. The van der Waals surface area contributed by atoms with Gasteiger partial charge in [0.05, 0.1) is 0 Å². The molecule has 0 aromatic heterocycles. The zero-order valence-electron chi connectivity index (χ0n) is 13.0. The summed E-state index contributed by atoms with van der Waals surface area (Å²) in [6.45, 7) is 5.42. The summed E-state index contributed by atoms with van der Waals surface area (Å²) in [6.07, 6.45) is 2.10. The molecular formula is C19H23NO2. The van der Waals surface area contributed by atoms with Gasteiger partial charge in [0.1, 0.15) is 11.5 Å². The van der Waals surface area contributed by atoms with Crippen LogP contribution in [0.4, 0.5) is 0 Å². The van der Waals surface area contributed by atoms with Crippen molar-refractivity contribution in [3.05, 3.63) is 59.7 Å². The smallest absolute Gasteiger partial charge is 0.115 e. The lowest BCUT2D eigenvalue weighted by atomic mass is 9.68. The number of rotatable bonds is 3. The fourth-order valence-corrected chi connectivity index (χ4v) is 3.56. The Bertz CT molecular complexity index is 563. The molecule has 0 bridgehead atoms. The van der Waals surface area contributed by atoms with Gasteiger partial charge in [0.25, 0.3) is 0 Å². The van der Waals surface area contributed by atoms with Crippen LogP contribution in [0.15, 0.2) is 48.5 Å². The van der Waals surface area contributed by atoms with E-state index in [0.29, 0.717) is 11.5 Å². The number of aromatic hydroxyl groups is 2.